The summed E-state index contributed by atoms with van der Waals surface area (Å²) < 4.78 is 14.5. The highest BCUT2D eigenvalue weighted by atomic mass is 32.2. The van der Waals surface area contributed by atoms with Gasteiger partial charge in [0.05, 0.1) is 6.04 Å². The average molecular weight is 302 g/mol. The van der Waals surface area contributed by atoms with E-state index in [9.17, 15) is 4.39 Å². The van der Waals surface area contributed by atoms with Gasteiger partial charge in [0.1, 0.15) is 5.82 Å². The van der Waals surface area contributed by atoms with Gasteiger partial charge in [-0.3, -0.25) is 11.3 Å². The summed E-state index contributed by atoms with van der Waals surface area (Å²) in [4.78, 5) is 1.27. The Kier molecular flexibility index (Phi) is 4.02. The Bertz CT molecular complexity index is 649. The van der Waals surface area contributed by atoms with Crippen LogP contribution < -0.4 is 11.3 Å². The van der Waals surface area contributed by atoms with Crippen molar-refractivity contribution in [3.05, 3.63) is 64.5 Å². The molecule has 2 atom stereocenters. The van der Waals surface area contributed by atoms with E-state index in [1.807, 2.05) is 43.8 Å². The van der Waals surface area contributed by atoms with E-state index in [4.69, 9.17) is 5.84 Å². The number of hydrogen-bond donors (Lipinski definition) is 2. The molecule has 0 spiro atoms. The molecule has 0 saturated heterocycles. The third-order valence-corrected chi connectivity index (χ3v) is 5.32. The van der Waals surface area contributed by atoms with Gasteiger partial charge >= 0.3 is 0 Å². The highest BCUT2D eigenvalue weighted by Gasteiger charge is 2.33. The van der Waals surface area contributed by atoms with Gasteiger partial charge in [-0.2, -0.15) is 0 Å². The molecule has 2 unspecified atom stereocenters. The van der Waals surface area contributed by atoms with E-state index in [2.05, 4.69) is 17.6 Å². The molecule has 4 heteroatoms. The Morgan fingerprint density at radius 3 is 2.76 bits per heavy atom. The molecular weight excluding hydrogens is 283 g/mol. The lowest BCUT2D eigenvalue weighted by atomic mass is 9.86. The van der Waals surface area contributed by atoms with Crippen LogP contribution in [0.1, 0.15) is 34.2 Å². The van der Waals surface area contributed by atoms with Crippen molar-refractivity contribution in [3.8, 4) is 0 Å². The predicted molar refractivity (Wildman–Crippen MR) is 85.8 cm³/mol. The maximum Gasteiger partial charge on any atom is 0.128 e. The normalized spacial score (nSPS) is 18.6. The molecule has 0 aliphatic carbocycles. The quantitative estimate of drug-likeness (QED) is 0.668. The molecule has 0 amide bonds. The summed E-state index contributed by atoms with van der Waals surface area (Å²) in [5.74, 6) is 6.72. The molecule has 110 valence electrons. The first-order chi connectivity index (χ1) is 10.1. The van der Waals surface area contributed by atoms with Crippen molar-refractivity contribution < 1.29 is 4.39 Å². The molecular formula is C17H19FN2S. The van der Waals surface area contributed by atoms with E-state index >= 15 is 0 Å². The maximum absolute atomic E-state index is 14.5. The number of nitrogens with two attached hydrogens (primary N) is 1. The smallest absolute Gasteiger partial charge is 0.128 e. The number of aryl methyl sites for hydroxylation is 2. The highest BCUT2D eigenvalue weighted by molar-refractivity contribution is 7.99. The van der Waals surface area contributed by atoms with Crippen LogP contribution in [-0.2, 0) is 0 Å². The molecule has 3 N–H and O–H groups in total. The largest absolute Gasteiger partial charge is 0.271 e. The van der Waals surface area contributed by atoms with E-state index in [1.54, 1.807) is 6.07 Å². The first-order valence-electron chi connectivity index (χ1n) is 7.06. The van der Waals surface area contributed by atoms with Crippen molar-refractivity contribution in [1.29, 1.82) is 0 Å². The SMILES string of the molecule is Cc1cc(C)c(C(NN)C2CSc3ccccc32)c(F)c1. The van der Waals surface area contributed by atoms with Crippen molar-refractivity contribution in [3.63, 3.8) is 0 Å². The van der Waals surface area contributed by atoms with Crippen molar-refractivity contribution >= 4 is 11.8 Å². The second kappa shape index (κ2) is 5.79. The third kappa shape index (κ3) is 2.59. The first kappa shape index (κ1) is 14.6. The Morgan fingerprint density at radius 1 is 1.29 bits per heavy atom. The van der Waals surface area contributed by atoms with Crippen LogP contribution in [-0.4, -0.2) is 5.75 Å². The summed E-state index contributed by atoms with van der Waals surface area (Å²) in [6, 6.07) is 11.7. The molecule has 0 radical (unpaired) electrons. The monoisotopic (exact) mass is 302 g/mol. The minimum Gasteiger partial charge on any atom is -0.271 e. The fourth-order valence-corrected chi connectivity index (χ4v) is 4.48. The van der Waals surface area contributed by atoms with Crippen LogP contribution in [0.5, 0.6) is 0 Å². The van der Waals surface area contributed by atoms with E-state index < -0.39 is 0 Å². The van der Waals surface area contributed by atoms with Gasteiger partial charge in [0.2, 0.25) is 0 Å². The van der Waals surface area contributed by atoms with Gasteiger partial charge in [-0.25, -0.2) is 4.39 Å². The number of thioether (sulfide) groups is 1. The Morgan fingerprint density at radius 2 is 2.05 bits per heavy atom. The van der Waals surface area contributed by atoms with Gasteiger partial charge in [-0.15, -0.1) is 11.8 Å². The maximum atomic E-state index is 14.5. The summed E-state index contributed by atoms with van der Waals surface area (Å²) in [7, 11) is 0. The van der Waals surface area contributed by atoms with E-state index in [-0.39, 0.29) is 17.8 Å². The Labute approximate surface area is 128 Å². The summed E-state index contributed by atoms with van der Waals surface area (Å²) in [6.07, 6.45) is 0. The van der Waals surface area contributed by atoms with Gasteiger partial charge in [0.15, 0.2) is 0 Å². The van der Waals surface area contributed by atoms with Crippen LogP contribution in [0.15, 0.2) is 41.3 Å². The minimum absolute atomic E-state index is 0.176. The van der Waals surface area contributed by atoms with Gasteiger partial charge in [-0.05, 0) is 42.7 Å². The number of rotatable bonds is 3. The lowest BCUT2D eigenvalue weighted by Gasteiger charge is -2.26. The molecule has 2 aromatic rings. The van der Waals surface area contributed by atoms with Crippen LogP contribution in [0.4, 0.5) is 4.39 Å². The van der Waals surface area contributed by atoms with Gasteiger partial charge in [0, 0.05) is 22.1 Å². The molecule has 0 fully saturated rings. The van der Waals surface area contributed by atoms with Crippen molar-refractivity contribution in [2.24, 2.45) is 5.84 Å². The van der Waals surface area contributed by atoms with Crippen LogP contribution in [0.3, 0.4) is 0 Å². The number of nitrogens with one attached hydrogen (secondary N) is 1. The topological polar surface area (TPSA) is 38.0 Å². The van der Waals surface area contributed by atoms with Gasteiger partial charge < -0.3 is 0 Å². The fraction of sp³-hybridized carbons (Fsp3) is 0.294. The second-order valence-corrected chi connectivity index (χ2v) is 6.64. The third-order valence-electron chi connectivity index (χ3n) is 4.11. The van der Waals surface area contributed by atoms with Crippen LogP contribution in [0.2, 0.25) is 0 Å². The standard InChI is InChI=1S/C17H19FN2S/c1-10-7-11(2)16(14(18)8-10)17(20-19)13-9-21-15-6-4-3-5-12(13)15/h3-8,13,17,20H,9,19H2,1-2H3. The first-order valence-corrected chi connectivity index (χ1v) is 8.05. The molecule has 0 aromatic heterocycles. The average Bonchev–Trinajstić information content (AvgIpc) is 2.86. The van der Waals surface area contributed by atoms with Crippen molar-refractivity contribution in [2.75, 3.05) is 5.75 Å². The summed E-state index contributed by atoms with van der Waals surface area (Å²) >= 11 is 1.81. The lowest BCUT2D eigenvalue weighted by molar-refractivity contribution is 0.458. The number of hydrazine groups is 1. The number of halogens is 1. The zero-order valence-corrected chi connectivity index (χ0v) is 13.0. The zero-order chi connectivity index (χ0) is 15.0. The predicted octanol–water partition coefficient (Wildman–Crippen LogP) is 3.84. The molecule has 1 heterocycles. The fourth-order valence-electron chi connectivity index (χ4n) is 3.18. The molecule has 3 rings (SSSR count). The van der Waals surface area contributed by atoms with E-state index in [0.717, 1.165) is 16.9 Å². The number of fused-ring (bicyclic) bond motifs is 1. The lowest BCUT2D eigenvalue weighted by Crippen LogP contribution is -2.34. The second-order valence-electron chi connectivity index (χ2n) is 5.58. The van der Waals surface area contributed by atoms with Crippen molar-refractivity contribution in [2.45, 2.75) is 30.7 Å². The van der Waals surface area contributed by atoms with E-state index in [1.165, 1.54) is 10.5 Å². The molecule has 0 bridgehead atoms. The van der Waals surface area contributed by atoms with Crippen LogP contribution in [0.25, 0.3) is 0 Å². The summed E-state index contributed by atoms with van der Waals surface area (Å²) in [5.41, 5.74) is 6.67. The minimum atomic E-state index is -0.207. The molecule has 21 heavy (non-hydrogen) atoms. The number of benzene rings is 2. The molecule has 0 saturated carbocycles. The van der Waals surface area contributed by atoms with Crippen LogP contribution >= 0.6 is 11.8 Å². The van der Waals surface area contributed by atoms with Gasteiger partial charge in [-0.1, -0.05) is 24.3 Å². The molecule has 2 nitrogen and oxygen atoms in total. The zero-order valence-electron chi connectivity index (χ0n) is 12.2. The van der Waals surface area contributed by atoms with Gasteiger partial charge in [0.25, 0.3) is 0 Å². The Hall–Kier alpha value is -1.36. The highest BCUT2D eigenvalue weighted by Crippen LogP contribution is 2.46. The molecule has 1 aliphatic rings. The summed E-state index contributed by atoms with van der Waals surface area (Å²) in [5, 5.41) is 0. The molecule has 1 aliphatic heterocycles. The van der Waals surface area contributed by atoms with E-state index in [0.29, 0.717) is 5.56 Å². The Balaban J connectivity index is 2.05. The number of hydrogen-bond acceptors (Lipinski definition) is 3. The molecule has 2 aromatic carbocycles. The summed E-state index contributed by atoms with van der Waals surface area (Å²) in [6.45, 7) is 3.86. The van der Waals surface area contributed by atoms with Crippen molar-refractivity contribution in [1.82, 2.24) is 5.43 Å². The van der Waals surface area contributed by atoms with Crippen LogP contribution in [0, 0.1) is 19.7 Å².